The minimum absolute atomic E-state index is 0.244. The van der Waals surface area contributed by atoms with E-state index in [1.54, 1.807) is 18.0 Å². The Morgan fingerprint density at radius 3 is 2.33 bits per heavy atom. The number of ether oxygens (including phenoxy) is 1. The molecular formula is C25H19N5O2S. The molecule has 162 valence electrons. The van der Waals surface area contributed by atoms with E-state index in [0.29, 0.717) is 16.9 Å². The number of carbonyl (C=O) groups is 1. The first-order valence-electron chi connectivity index (χ1n) is 10.2. The minimum Gasteiger partial charge on any atom is -0.497 e. The molecule has 5 aromatic rings. The van der Waals surface area contributed by atoms with Crippen molar-refractivity contribution in [3.05, 3.63) is 96.0 Å². The van der Waals surface area contributed by atoms with Gasteiger partial charge in [0.1, 0.15) is 17.1 Å². The first-order valence-corrected chi connectivity index (χ1v) is 11.0. The van der Waals surface area contributed by atoms with Crippen molar-refractivity contribution in [1.29, 1.82) is 0 Å². The predicted octanol–water partition coefficient (Wildman–Crippen LogP) is 5.32. The number of rotatable bonds is 6. The largest absolute Gasteiger partial charge is 0.497 e. The Morgan fingerprint density at radius 1 is 0.939 bits per heavy atom. The van der Waals surface area contributed by atoms with Crippen molar-refractivity contribution in [3.8, 4) is 34.0 Å². The summed E-state index contributed by atoms with van der Waals surface area (Å²) in [6.45, 7) is 0. The lowest BCUT2D eigenvalue weighted by molar-refractivity contribution is 0.102. The molecule has 1 amide bonds. The summed E-state index contributed by atoms with van der Waals surface area (Å²) in [6.07, 6.45) is 1.75. The van der Waals surface area contributed by atoms with E-state index in [2.05, 4.69) is 14.9 Å². The monoisotopic (exact) mass is 453 g/mol. The van der Waals surface area contributed by atoms with Crippen molar-refractivity contribution in [2.75, 3.05) is 12.4 Å². The van der Waals surface area contributed by atoms with Gasteiger partial charge in [-0.15, -0.1) is 5.10 Å². The number of benzene rings is 3. The van der Waals surface area contributed by atoms with Crippen LogP contribution in [0.25, 0.3) is 28.2 Å². The summed E-state index contributed by atoms with van der Waals surface area (Å²) in [6, 6.07) is 24.7. The Hall–Kier alpha value is -4.30. The first-order chi connectivity index (χ1) is 16.2. The van der Waals surface area contributed by atoms with Gasteiger partial charge in [0.15, 0.2) is 0 Å². The van der Waals surface area contributed by atoms with Gasteiger partial charge in [0, 0.05) is 28.4 Å². The lowest BCUT2D eigenvalue weighted by Crippen LogP contribution is -2.12. The Labute approximate surface area is 194 Å². The zero-order valence-corrected chi connectivity index (χ0v) is 18.5. The molecule has 0 saturated carbocycles. The Balaban J connectivity index is 1.47. The smallest absolute Gasteiger partial charge is 0.259 e. The molecule has 0 aliphatic carbocycles. The van der Waals surface area contributed by atoms with Crippen LogP contribution in [-0.2, 0) is 0 Å². The van der Waals surface area contributed by atoms with Crippen LogP contribution in [0.5, 0.6) is 5.75 Å². The van der Waals surface area contributed by atoms with E-state index in [1.807, 2.05) is 84.2 Å². The molecule has 0 fully saturated rings. The van der Waals surface area contributed by atoms with Crippen molar-refractivity contribution in [2.45, 2.75) is 0 Å². The first kappa shape index (κ1) is 20.6. The summed E-state index contributed by atoms with van der Waals surface area (Å²) in [5.41, 5.74) is 5.18. The zero-order chi connectivity index (χ0) is 22.6. The van der Waals surface area contributed by atoms with Crippen LogP contribution >= 0.6 is 11.5 Å². The van der Waals surface area contributed by atoms with E-state index in [1.165, 1.54) is 11.5 Å². The van der Waals surface area contributed by atoms with Gasteiger partial charge in [0.2, 0.25) is 0 Å². The number of amides is 1. The number of hydrogen-bond acceptors (Lipinski definition) is 6. The van der Waals surface area contributed by atoms with Crippen molar-refractivity contribution in [1.82, 2.24) is 19.4 Å². The molecule has 1 N–H and O–H groups in total. The summed E-state index contributed by atoms with van der Waals surface area (Å²) >= 11 is 1.30. The van der Waals surface area contributed by atoms with Crippen LogP contribution < -0.4 is 10.1 Å². The Morgan fingerprint density at radius 2 is 1.67 bits per heavy atom. The van der Waals surface area contributed by atoms with Gasteiger partial charge in [0.05, 0.1) is 18.4 Å². The van der Waals surface area contributed by atoms with Gasteiger partial charge >= 0.3 is 0 Å². The summed E-state index contributed by atoms with van der Waals surface area (Å²) in [7, 11) is 1.62. The van der Waals surface area contributed by atoms with Crippen molar-refractivity contribution in [2.24, 2.45) is 0 Å². The number of nitrogens with one attached hydrogen (secondary N) is 1. The van der Waals surface area contributed by atoms with Gasteiger partial charge in [-0.25, -0.2) is 4.68 Å². The number of aromatic nitrogens is 4. The topological polar surface area (TPSA) is 81.9 Å². The maximum atomic E-state index is 13.3. The van der Waals surface area contributed by atoms with Crippen LogP contribution in [0.2, 0.25) is 0 Å². The van der Waals surface area contributed by atoms with Gasteiger partial charge in [-0.3, -0.25) is 4.79 Å². The summed E-state index contributed by atoms with van der Waals surface area (Å²) in [5.74, 6) is 0.494. The number of anilines is 1. The molecule has 0 unspecified atom stereocenters. The maximum Gasteiger partial charge on any atom is 0.259 e. The number of methoxy groups -OCH3 is 1. The molecule has 0 aliphatic heterocycles. The minimum atomic E-state index is -0.244. The highest BCUT2D eigenvalue weighted by atomic mass is 32.1. The maximum absolute atomic E-state index is 13.3. The second kappa shape index (κ2) is 9.05. The van der Waals surface area contributed by atoms with Crippen LogP contribution in [0.15, 0.2) is 90.4 Å². The lowest BCUT2D eigenvalue weighted by atomic mass is 10.1. The highest BCUT2D eigenvalue weighted by molar-refractivity contribution is 7.03. The van der Waals surface area contributed by atoms with Crippen molar-refractivity contribution < 1.29 is 9.53 Å². The molecule has 7 nitrogen and oxygen atoms in total. The average Bonchev–Trinajstić information content (AvgIpc) is 3.56. The second-order valence-corrected chi connectivity index (χ2v) is 7.83. The molecule has 0 aliphatic rings. The third-order valence-corrected chi connectivity index (χ3v) is 5.65. The van der Waals surface area contributed by atoms with Gasteiger partial charge in [-0.1, -0.05) is 34.8 Å². The molecule has 8 heteroatoms. The molecule has 3 aromatic carbocycles. The highest BCUT2D eigenvalue weighted by Gasteiger charge is 2.19. The summed E-state index contributed by atoms with van der Waals surface area (Å²) in [5, 5.41) is 13.7. The van der Waals surface area contributed by atoms with Crippen molar-refractivity contribution in [3.63, 3.8) is 0 Å². The van der Waals surface area contributed by atoms with Crippen LogP contribution in [0.3, 0.4) is 0 Å². The zero-order valence-electron chi connectivity index (χ0n) is 17.7. The van der Waals surface area contributed by atoms with E-state index in [4.69, 9.17) is 9.84 Å². The number of hydrogen-bond donors (Lipinski definition) is 1. The fraction of sp³-hybridized carbons (Fsp3) is 0.0400. The quantitative estimate of drug-likeness (QED) is 0.376. The molecule has 2 aromatic heterocycles. The number of nitrogens with zero attached hydrogens (tertiary/aromatic N) is 4. The summed E-state index contributed by atoms with van der Waals surface area (Å²) < 4.78 is 10.9. The van der Waals surface area contributed by atoms with Gasteiger partial charge < -0.3 is 10.1 Å². The highest BCUT2D eigenvalue weighted by Crippen LogP contribution is 2.27. The van der Waals surface area contributed by atoms with Gasteiger partial charge in [0.25, 0.3) is 5.91 Å². The molecular weight excluding hydrogens is 434 g/mol. The van der Waals surface area contributed by atoms with E-state index in [9.17, 15) is 4.79 Å². The van der Waals surface area contributed by atoms with E-state index < -0.39 is 0 Å². The van der Waals surface area contributed by atoms with E-state index in [0.717, 1.165) is 28.3 Å². The lowest BCUT2D eigenvalue weighted by Gasteiger charge is -2.07. The van der Waals surface area contributed by atoms with Crippen molar-refractivity contribution >= 4 is 23.1 Å². The fourth-order valence-corrected chi connectivity index (χ4v) is 3.89. The van der Waals surface area contributed by atoms with Crippen LogP contribution in [0, 0.1) is 0 Å². The molecule has 0 bridgehead atoms. The van der Waals surface area contributed by atoms with Gasteiger partial charge in [-0.05, 0) is 60.1 Å². The second-order valence-electron chi connectivity index (χ2n) is 7.22. The Bertz CT molecular complexity index is 1360. The third-order valence-electron chi connectivity index (χ3n) is 5.14. The molecule has 0 radical (unpaired) electrons. The summed E-state index contributed by atoms with van der Waals surface area (Å²) in [4.78, 5) is 13.3. The predicted molar refractivity (Wildman–Crippen MR) is 129 cm³/mol. The Kier molecular flexibility index (Phi) is 5.65. The fourth-order valence-electron chi connectivity index (χ4n) is 3.43. The average molecular weight is 454 g/mol. The SMILES string of the molecule is COc1ccc(-c2nn(-c3ccccc3)cc2C(=O)Nc2ccc(-c3csnn3)cc2)cc1. The van der Waals surface area contributed by atoms with Crippen LogP contribution in [0.1, 0.15) is 10.4 Å². The normalized spacial score (nSPS) is 10.7. The van der Waals surface area contributed by atoms with E-state index >= 15 is 0 Å². The van der Waals surface area contributed by atoms with E-state index in [-0.39, 0.29) is 5.91 Å². The molecule has 0 spiro atoms. The van der Waals surface area contributed by atoms with Crippen LogP contribution in [0.4, 0.5) is 5.69 Å². The molecule has 0 saturated heterocycles. The molecule has 5 rings (SSSR count). The number of para-hydroxylation sites is 1. The third kappa shape index (κ3) is 4.37. The molecule has 0 atom stereocenters. The standard InChI is InChI=1S/C25H19N5O2S/c1-32-21-13-9-18(10-14-21)24-22(15-30(28-24)20-5-3-2-4-6-20)25(31)26-19-11-7-17(8-12-19)23-16-33-29-27-23/h2-16H,1H3,(H,26,31). The van der Waals surface area contributed by atoms with Crippen LogP contribution in [-0.4, -0.2) is 32.4 Å². The molecule has 2 heterocycles. The number of carbonyl (C=O) groups excluding carboxylic acids is 1. The van der Waals surface area contributed by atoms with Gasteiger partial charge in [-0.2, -0.15) is 5.10 Å². The molecule has 33 heavy (non-hydrogen) atoms.